The molecule has 7 nitrogen and oxygen atoms in total. The zero-order valence-electron chi connectivity index (χ0n) is 12.3. The van der Waals surface area contributed by atoms with Crippen molar-refractivity contribution in [1.82, 2.24) is 8.61 Å². The van der Waals surface area contributed by atoms with Crippen LogP contribution in [0, 0.1) is 0 Å². The van der Waals surface area contributed by atoms with Gasteiger partial charge < -0.3 is 9.84 Å². The fourth-order valence-corrected chi connectivity index (χ4v) is 2.79. The summed E-state index contributed by atoms with van der Waals surface area (Å²) in [7, 11) is 0.701. The molecule has 118 valence electrons. The first-order valence-corrected chi connectivity index (χ1v) is 7.69. The second-order valence-corrected chi connectivity index (χ2v) is 6.72. The first kappa shape index (κ1) is 17.4. The zero-order valence-corrected chi connectivity index (χ0v) is 13.1. The van der Waals surface area contributed by atoms with E-state index in [1.165, 1.54) is 18.4 Å². The number of hydrogen-bond acceptors (Lipinski definition) is 4. The molecule has 0 amide bonds. The van der Waals surface area contributed by atoms with Gasteiger partial charge in [0, 0.05) is 27.2 Å². The molecule has 0 bridgehead atoms. The van der Waals surface area contributed by atoms with Crippen molar-refractivity contribution in [3.05, 3.63) is 29.8 Å². The highest BCUT2D eigenvalue weighted by atomic mass is 32.2. The Morgan fingerprint density at radius 3 is 2.24 bits per heavy atom. The van der Waals surface area contributed by atoms with E-state index in [-0.39, 0.29) is 19.5 Å². The lowest BCUT2D eigenvalue weighted by Crippen LogP contribution is -2.40. The zero-order chi connectivity index (χ0) is 16.0. The first-order chi connectivity index (χ1) is 9.77. The molecule has 0 aliphatic rings. The summed E-state index contributed by atoms with van der Waals surface area (Å²) >= 11 is 0. The van der Waals surface area contributed by atoms with E-state index in [0.717, 1.165) is 9.87 Å². The molecule has 0 saturated carbocycles. The van der Waals surface area contributed by atoms with Crippen molar-refractivity contribution < 1.29 is 23.1 Å². The topological polar surface area (TPSA) is 87.2 Å². The van der Waals surface area contributed by atoms with Crippen LogP contribution in [0.2, 0.25) is 0 Å². The molecule has 0 unspecified atom stereocenters. The molecule has 1 N–H and O–H groups in total. The van der Waals surface area contributed by atoms with Gasteiger partial charge in [0.2, 0.25) is 0 Å². The Morgan fingerprint density at radius 2 is 1.76 bits per heavy atom. The number of methoxy groups -OCH3 is 1. The quantitative estimate of drug-likeness (QED) is 0.766. The molecule has 0 spiro atoms. The largest absolute Gasteiger partial charge is 0.497 e. The Kier molecular flexibility index (Phi) is 6.13. The molecule has 0 radical (unpaired) electrons. The van der Waals surface area contributed by atoms with Gasteiger partial charge in [-0.2, -0.15) is 17.0 Å². The number of hydrogen-bond donors (Lipinski definition) is 1. The molecule has 0 aliphatic heterocycles. The minimum atomic E-state index is -3.68. The highest BCUT2D eigenvalue weighted by Gasteiger charge is 2.24. The van der Waals surface area contributed by atoms with Crippen LogP contribution in [0.25, 0.3) is 0 Å². The van der Waals surface area contributed by atoms with Gasteiger partial charge in [0.05, 0.1) is 13.5 Å². The summed E-state index contributed by atoms with van der Waals surface area (Å²) in [6.45, 7) is 0.133. The fraction of sp³-hybridized carbons (Fsp3) is 0.462. The molecule has 0 aliphatic carbocycles. The Bertz CT molecular complexity index is 571. The number of nitrogens with zero attached hydrogens (tertiary/aromatic N) is 2. The van der Waals surface area contributed by atoms with E-state index >= 15 is 0 Å². The average Bonchev–Trinajstić information content (AvgIpc) is 2.45. The van der Waals surface area contributed by atoms with Crippen LogP contribution in [0.1, 0.15) is 12.0 Å². The second kappa shape index (κ2) is 7.39. The first-order valence-electron chi connectivity index (χ1n) is 6.29. The van der Waals surface area contributed by atoms with E-state index in [4.69, 9.17) is 9.84 Å². The third kappa shape index (κ3) is 5.00. The van der Waals surface area contributed by atoms with Crippen LogP contribution in [0.15, 0.2) is 24.3 Å². The summed E-state index contributed by atoms with van der Waals surface area (Å²) in [6, 6.07) is 7.07. The Balaban J connectivity index is 2.71. The lowest BCUT2D eigenvalue weighted by Gasteiger charge is -2.24. The predicted octanol–water partition coefficient (Wildman–Crippen LogP) is 0.778. The maximum absolute atomic E-state index is 12.2. The lowest BCUT2D eigenvalue weighted by molar-refractivity contribution is -0.137. The van der Waals surface area contributed by atoms with Crippen molar-refractivity contribution in [3.63, 3.8) is 0 Å². The molecule has 0 heterocycles. The van der Waals surface area contributed by atoms with Crippen LogP contribution in [-0.2, 0) is 21.5 Å². The monoisotopic (exact) mass is 316 g/mol. The standard InChI is InChI=1S/C13H20N2O5S/c1-14(9-8-13(16)17)21(18,19)15(2)10-11-4-6-12(20-3)7-5-11/h4-7H,8-10H2,1-3H3,(H,16,17). The highest BCUT2D eigenvalue weighted by molar-refractivity contribution is 7.86. The summed E-state index contributed by atoms with van der Waals surface area (Å²) < 4.78 is 31.7. The number of aliphatic carboxylic acids is 1. The van der Waals surface area contributed by atoms with Gasteiger partial charge in [-0.25, -0.2) is 0 Å². The van der Waals surface area contributed by atoms with Crippen LogP contribution < -0.4 is 4.74 Å². The molecule has 0 atom stereocenters. The number of ether oxygens (including phenoxy) is 1. The normalized spacial score (nSPS) is 11.9. The van der Waals surface area contributed by atoms with Gasteiger partial charge in [0.1, 0.15) is 5.75 Å². The van der Waals surface area contributed by atoms with Crippen molar-refractivity contribution in [2.75, 3.05) is 27.7 Å². The smallest absolute Gasteiger partial charge is 0.304 e. The fourth-order valence-electron chi connectivity index (χ4n) is 1.68. The second-order valence-electron chi connectivity index (χ2n) is 4.58. The summed E-state index contributed by atoms with van der Waals surface area (Å²) in [5.41, 5.74) is 0.813. The van der Waals surface area contributed by atoms with Crippen LogP contribution in [0.3, 0.4) is 0 Å². The minimum Gasteiger partial charge on any atom is -0.497 e. The maximum Gasteiger partial charge on any atom is 0.304 e. The van der Waals surface area contributed by atoms with Gasteiger partial charge in [0.15, 0.2) is 0 Å². The van der Waals surface area contributed by atoms with E-state index in [9.17, 15) is 13.2 Å². The molecule has 1 aromatic carbocycles. The summed E-state index contributed by atoms with van der Waals surface area (Å²) in [5.74, 6) is -0.335. The Hall–Kier alpha value is -1.64. The SMILES string of the molecule is COc1ccc(CN(C)S(=O)(=O)N(C)CCC(=O)O)cc1. The number of benzene rings is 1. The van der Waals surface area contributed by atoms with Gasteiger partial charge >= 0.3 is 5.97 Å². The van der Waals surface area contributed by atoms with E-state index < -0.39 is 16.2 Å². The number of rotatable bonds is 8. The number of carboxylic acid groups (broad SMARTS) is 1. The summed E-state index contributed by atoms with van der Waals surface area (Å²) in [6.07, 6.45) is -0.230. The maximum atomic E-state index is 12.2. The van der Waals surface area contributed by atoms with Crippen molar-refractivity contribution in [2.45, 2.75) is 13.0 Å². The summed E-state index contributed by atoms with van der Waals surface area (Å²) in [4.78, 5) is 10.5. The van der Waals surface area contributed by atoms with Gasteiger partial charge in [-0.15, -0.1) is 0 Å². The Labute approximate surface area is 124 Å². The molecule has 1 aromatic rings. The van der Waals surface area contributed by atoms with Crippen LogP contribution >= 0.6 is 0 Å². The van der Waals surface area contributed by atoms with E-state index in [0.29, 0.717) is 5.75 Å². The van der Waals surface area contributed by atoms with Gasteiger partial charge in [0.25, 0.3) is 10.2 Å². The van der Waals surface area contributed by atoms with Crippen molar-refractivity contribution >= 4 is 16.2 Å². The molecular formula is C13H20N2O5S. The third-order valence-corrected chi connectivity index (χ3v) is 4.88. The lowest BCUT2D eigenvalue weighted by atomic mass is 10.2. The minimum absolute atomic E-state index is 0.0649. The number of carboxylic acids is 1. The summed E-state index contributed by atoms with van der Waals surface area (Å²) in [5, 5.41) is 8.60. The van der Waals surface area contributed by atoms with E-state index in [1.807, 2.05) is 0 Å². The molecule has 0 saturated heterocycles. The Morgan fingerprint density at radius 1 is 1.19 bits per heavy atom. The molecule has 0 aromatic heterocycles. The van der Waals surface area contributed by atoms with Crippen LogP contribution in [0.5, 0.6) is 5.75 Å². The molecular weight excluding hydrogens is 296 g/mol. The van der Waals surface area contributed by atoms with Crippen molar-refractivity contribution in [2.24, 2.45) is 0 Å². The van der Waals surface area contributed by atoms with Gasteiger partial charge in [-0.05, 0) is 17.7 Å². The van der Waals surface area contributed by atoms with Crippen LogP contribution in [-0.4, -0.2) is 55.9 Å². The third-order valence-electron chi connectivity index (χ3n) is 2.99. The predicted molar refractivity (Wildman–Crippen MR) is 78.3 cm³/mol. The molecule has 21 heavy (non-hydrogen) atoms. The van der Waals surface area contributed by atoms with Crippen LogP contribution in [0.4, 0.5) is 0 Å². The van der Waals surface area contributed by atoms with E-state index in [2.05, 4.69) is 0 Å². The molecule has 0 fully saturated rings. The van der Waals surface area contributed by atoms with Gasteiger partial charge in [-0.1, -0.05) is 12.1 Å². The van der Waals surface area contributed by atoms with E-state index in [1.54, 1.807) is 31.4 Å². The van der Waals surface area contributed by atoms with Crippen molar-refractivity contribution in [1.29, 1.82) is 0 Å². The molecule has 8 heteroatoms. The van der Waals surface area contributed by atoms with Crippen molar-refractivity contribution in [3.8, 4) is 5.75 Å². The molecule has 1 rings (SSSR count). The highest BCUT2D eigenvalue weighted by Crippen LogP contribution is 2.15. The number of carbonyl (C=O) groups is 1. The average molecular weight is 316 g/mol. The van der Waals surface area contributed by atoms with Gasteiger partial charge in [-0.3, -0.25) is 4.79 Å².